The normalized spacial score (nSPS) is 10.7. The van der Waals surface area contributed by atoms with Crippen molar-refractivity contribution in [3.05, 3.63) is 95.8 Å². The molecule has 0 aliphatic rings. The number of urea groups is 1. The van der Waals surface area contributed by atoms with Gasteiger partial charge < -0.3 is 15.5 Å². The summed E-state index contributed by atoms with van der Waals surface area (Å²) in [5.74, 6) is -0.438. The van der Waals surface area contributed by atoms with Crippen LogP contribution in [0.4, 0.5) is 20.7 Å². The molecule has 190 valence electrons. The minimum atomic E-state index is -0.546. The summed E-state index contributed by atoms with van der Waals surface area (Å²) in [5, 5.41) is 10.3. The van der Waals surface area contributed by atoms with E-state index >= 15 is 0 Å². The summed E-state index contributed by atoms with van der Waals surface area (Å²) < 4.78 is 15.7. The summed E-state index contributed by atoms with van der Waals surface area (Å²) in [5.41, 5.74) is 4.66. The number of carbonyl (C=O) groups is 2. The summed E-state index contributed by atoms with van der Waals surface area (Å²) in [7, 11) is 0. The summed E-state index contributed by atoms with van der Waals surface area (Å²) in [4.78, 5) is 27.3. The summed E-state index contributed by atoms with van der Waals surface area (Å²) in [6.07, 6.45) is 0.636. The van der Waals surface area contributed by atoms with Crippen molar-refractivity contribution in [3.63, 3.8) is 0 Å². The van der Waals surface area contributed by atoms with Crippen molar-refractivity contribution in [1.29, 1.82) is 0 Å². The van der Waals surface area contributed by atoms with Crippen LogP contribution in [0.2, 0.25) is 0 Å². The maximum Gasteiger partial charge on any atom is 0.322 e. The lowest BCUT2D eigenvalue weighted by atomic mass is 10.1. The van der Waals surface area contributed by atoms with Gasteiger partial charge in [0, 0.05) is 18.2 Å². The molecule has 0 atom stereocenters. The van der Waals surface area contributed by atoms with E-state index in [-0.39, 0.29) is 18.1 Å². The molecule has 0 aliphatic heterocycles. The van der Waals surface area contributed by atoms with Gasteiger partial charge >= 0.3 is 6.03 Å². The standard InChI is InChI=1S/C29H30FN5O2/c1-4-16-34(29(37)31-24-13-9-8-12-23(24)30)19-28(36)32-27-18-25(22-10-6-5-7-11-22)33-35(27)26-15-14-20(2)17-21(26)3/h5-15,17-18H,4,16,19H2,1-3H3,(H,31,37)(H,32,36). The Balaban J connectivity index is 1.58. The van der Waals surface area contributed by atoms with Crippen LogP contribution in [-0.4, -0.2) is 39.7 Å². The van der Waals surface area contributed by atoms with Gasteiger partial charge in [0.2, 0.25) is 5.91 Å². The molecular weight excluding hydrogens is 469 g/mol. The Kier molecular flexibility index (Phi) is 7.98. The summed E-state index contributed by atoms with van der Waals surface area (Å²) >= 11 is 0. The molecule has 0 aliphatic carbocycles. The molecular formula is C29H30FN5O2. The zero-order chi connectivity index (χ0) is 26.4. The van der Waals surface area contributed by atoms with Gasteiger partial charge in [0.1, 0.15) is 18.2 Å². The van der Waals surface area contributed by atoms with Gasteiger partial charge in [0.15, 0.2) is 0 Å². The van der Waals surface area contributed by atoms with Crippen molar-refractivity contribution in [3.8, 4) is 16.9 Å². The highest BCUT2D eigenvalue weighted by Gasteiger charge is 2.20. The molecule has 0 fully saturated rings. The zero-order valence-corrected chi connectivity index (χ0v) is 21.2. The van der Waals surface area contributed by atoms with Crippen molar-refractivity contribution in [2.45, 2.75) is 27.2 Å². The van der Waals surface area contributed by atoms with Gasteiger partial charge in [-0.25, -0.2) is 13.9 Å². The van der Waals surface area contributed by atoms with Crippen LogP contribution in [0, 0.1) is 19.7 Å². The second kappa shape index (κ2) is 11.5. The Morgan fingerprint density at radius 2 is 1.68 bits per heavy atom. The molecule has 3 amide bonds. The van der Waals surface area contributed by atoms with E-state index in [0.29, 0.717) is 24.5 Å². The van der Waals surface area contributed by atoms with Crippen molar-refractivity contribution >= 4 is 23.4 Å². The lowest BCUT2D eigenvalue weighted by Gasteiger charge is -2.22. The van der Waals surface area contributed by atoms with Gasteiger partial charge in [0.05, 0.1) is 17.1 Å². The third-order valence-electron chi connectivity index (χ3n) is 5.86. The molecule has 4 aromatic rings. The number of hydrogen-bond acceptors (Lipinski definition) is 3. The highest BCUT2D eigenvalue weighted by atomic mass is 19.1. The summed E-state index contributed by atoms with van der Waals surface area (Å²) in [6.45, 7) is 6.05. The summed E-state index contributed by atoms with van der Waals surface area (Å²) in [6, 6.07) is 22.9. The number of aromatic nitrogens is 2. The predicted molar refractivity (Wildman–Crippen MR) is 144 cm³/mol. The quantitative estimate of drug-likeness (QED) is 0.304. The number of aryl methyl sites for hydroxylation is 2. The number of amides is 3. The van der Waals surface area contributed by atoms with Gasteiger partial charge in [-0.3, -0.25) is 4.79 Å². The Hall–Kier alpha value is -4.46. The van der Waals surface area contributed by atoms with E-state index in [1.807, 2.05) is 69.3 Å². The molecule has 7 nitrogen and oxygen atoms in total. The highest BCUT2D eigenvalue weighted by Crippen LogP contribution is 2.26. The van der Waals surface area contributed by atoms with E-state index in [9.17, 15) is 14.0 Å². The lowest BCUT2D eigenvalue weighted by Crippen LogP contribution is -2.41. The SMILES string of the molecule is CCCN(CC(=O)Nc1cc(-c2ccccc2)nn1-c1ccc(C)cc1C)C(=O)Nc1ccccc1F. The van der Waals surface area contributed by atoms with Gasteiger partial charge in [-0.15, -0.1) is 0 Å². The first kappa shape index (κ1) is 25.6. The van der Waals surface area contributed by atoms with Crippen LogP contribution in [0.5, 0.6) is 0 Å². The molecule has 4 rings (SSSR count). The molecule has 0 bridgehead atoms. The molecule has 0 unspecified atom stereocenters. The molecule has 8 heteroatoms. The number of rotatable bonds is 8. The zero-order valence-electron chi connectivity index (χ0n) is 21.2. The molecule has 0 radical (unpaired) electrons. The van der Waals surface area contributed by atoms with Gasteiger partial charge in [-0.1, -0.05) is 67.1 Å². The Bertz CT molecular complexity index is 1400. The highest BCUT2D eigenvalue weighted by molar-refractivity contribution is 5.97. The molecule has 0 spiro atoms. The van der Waals surface area contributed by atoms with E-state index in [2.05, 4.69) is 16.7 Å². The van der Waals surface area contributed by atoms with E-state index in [0.717, 1.165) is 22.4 Å². The fourth-order valence-electron chi connectivity index (χ4n) is 4.08. The van der Waals surface area contributed by atoms with E-state index < -0.39 is 11.8 Å². The van der Waals surface area contributed by atoms with E-state index in [1.165, 1.54) is 17.0 Å². The van der Waals surface area contributed by atoms with Crippen molar-refractivity contribution in [2.75, 3.05) is 23.7 Å². The number of para-hydroxylation sites is 1. The average molecular weight is 500 g/mol. The molecule has 3 aromatic carbocycles. The number of carbonyl (C=O) groups excluding carboxylic acids is 2. The van der Waals surface area contributed by atoms with Crippen LogP contribution in [0.3, 0.4) is 0 Å². The van der Waals surface area contributed by atoms with Crippen LogP contribution in [0.15, 0.2) is 78.9 Å². The average Bonchev–Trinajstić information content (AvgIpc) is 3.29. The van der Waals surface area contributed by atoms with Crippen molar-refractivity contribution in [1.82, 2.24) is 14.7 Å². The van der Waals surface area contributed by atoms with Crippen LogP contribution in [-0.2, 0) is 4.79 Å². The van der Waals surface area contributed by atoms with E-state index in [1.54, 1.807) is 16.8 Å². The number of nitrogens with zero attached hydrogens (tertiary/aromatic N) is 3. The third kappa shape index (κ3) is 6.22. The van der Waals surface area contributed by atoms with Crippen LogP contribution in [0.25, 0.3) is 16.9 Å². The number of anilines is 2. The van der Waals surface area contributed by atoms with Crippen molar-refractivity contribution < 1.29 is 14.0 Å². The number of hydrogen-bond donors (Lipinski definition) is 2. The Morgan fingerprint density at radius 1 is 0.946 bits per heavy atom. The van der Waals surface area contributed by atoms with Crippen molar-refractivity contribution in [2.24, 2.45) is 0 Å². The number of nitrogens with one attached hydrogen (secondary N) is 2. The third-order valence-corrected chi connectivity index (χ3v) is 5.86. The first-order valence-corrected chi connectivity index (χ1v) is 12.2. The van der Waals surface area contributed by atoms with Crippen LogP contribution < -0.4 is 10.6 Å². The Morgan fingerprint density at radius 3 is 2.38 bits per heavy atom. The smallest absolute Gasteiger partial charge is 0.315 e. The van der Waals surface area contributed by atoms with Gasteiger partial charge in [0.25, 0.3) is 0 Å². The first-order chi connectivity index (χ1) is 17.9. The molecule has 2 N–H and O–H groups in total. The van der Waals surface area contributed by atoms with Crippen LogP contribution in [0.1, 0.15) is 24.5 Å². The second-order valence-corrected chi connectivity index (χ2v) is 8.86. The fraction of sp³-hybridized carbons (Fsp3) is 0.207. The fourth-order valence-corrected chi connectivity index (χ4v) is 4.08. The maximum absolute atomic E-state index is 14.0. The predicted octanol–water partition coefficient (Wildman–Crippen LogP) is 6.18. The van der Waals surface area contributed by atoms with Gasteiger partial charge in [-0.05, 0) is 44.0 Å². The Labute approximate surface area is 215 Å². The molecule has 1 heterocycles. The molecule has 0 saturated heterocycles. The lowest BCUT2D eigenvalue weighted by molar-refractivity contribution is -0.116. The number of benzene rings is 3. The number of halogens is 1. The monoisotopic (exact) mass is 499 g/mol. The maximum atomic E-state index is 14.0. The topological polar surface area (TPSA) is 79.3 Å². The largest absolute Gasteiger partial charge is 0.322 e. The second-order valence-electron chi connectivity index (χ2n) is 8.86. The molecule has 0 saturated carbocycles. The first-order valence-electron chi connectivity index (χ1n) is 12.2. The van der Waals surface area contributed by atoms with E-state index in [4.69, 9.17) is 5.10 Å². The molecule has 1 aromatic heterocycles. The molecule has 37 heavy (non-hydrogen) atoms. The minimum absolute atomic E-state index is 0.0643. The minimum Gasteiger partial charge on any atom is -0.315 e. The van der Waals surface area contributed by atoms with Crippen LogP contribution >= 0.6 is 0 Å². The van der Waals surface area contributed by atoms with Gasteiger partial charge in [-0.2, -0.15) is 5.10 Å².